The first kappa shape index (κ1) is 12.5. The fourth-order valence-corrected chi connectivity index (χ4v) is 2.33. The molecule has 0 aliphatic carbocycles. The number of aryl methyl sites for hydroxylation is 1. The highest BCUT2D eigenvalue weighted by Crippen LogP contribution is 2.17. The quantitative estimate of drug-likeness (QED) is 0.895. The number of H-pyrrole nitrogens is 1. The van der Waals surface area contributed by atoms with Crippen LogP contribution in [0.25, 0.3) is 0 Å². The van der Waals surface area contributed by atoms with Gasteiger partial charge in [0.25, 0.3) is 10.0 Å². The SMILES string of the molecule is Cc1ncc(S(=O)(=O)Nc2ccc(F)c(F)c2)[nH]1. The smallest absolute Gasteiger partial charge is 0.278 e. The first-order valence-corrected chi connectivity index (χ1v) is 6.36. The number of nitrogens with zero attached hydrogens (tertiary/aromatic N) is 1. The van der Waals surface area contributed by atoms with Crippen LogP contribution in [0, 0.1) is 18.6 Å². The minimum absolute atomic E-state index is 0.0684. The van der Waals surface area contributed by atoms with Crippen LogP contribution in [0.2, 0.25) is 0 Å². The predicted octanol–water partition coefficient (Wildman–Crippen LogP) is 1.80. The molecule has 0 saturated heterocycles. The Bertz CT molecular complexity index is 682. The molecule has 1 aromatic carbocycles. The zero-order valence-electron chi connectivity index (χ0n) is 9.24. The molecule has 8 heteroatoms. The fourth-order valence-electron chi connectivity index (χ4n) is 1.30. The van der Waals surface area contributed by atoms with Crippen molar-refractivity contribution in [1.82, 2.24) is 9.97 Å². The molecule has 5 nitrogen and oxygen atoms in total. The number of aromatic amines is 1. The van der Waals surface area contributed by atoms with Gasteiger partial charge in [-0.25, -0.2) is 13.8 Å². The summed E-state index contributed by atoms with van der Waals surface area (Å²) in [6.45, 7) is 1.59. The van der Waals surface area contributed by atoms with Crippen molar-refractivity contribution in [3.8, 4) is 0 Å². The lowest BCUT2D eigenvalue weighted by atomic mass is 10.3. The van der Waals surface area contributed by atoms with Gasteiger partial charge in [-0.1, -0.05) is 0 Å². The van der Waals surface area contributed by atoms with Crippen molar-refractivity contribution in [1.29, 1.82) is 0 Å². The van der Waals surface area contributed by atoms with E-state index >= 15 is 0 Å². The third kappa shape index (κ3) is 2.48. The molecule has 0 amide bonds. The number of halogens is 2. The largest absolute Gasteiger partial charge is 0.332 e. The van der Waals surface area contributed by atoms with Gasteiger partial charge in [-0.3, -0.25) is 4.72 Å². The maximum atomic E-state index is 12.9. The van der Waals surface area contributed by atoms with Crippen LogP contribution in [-0.2, 0) is 10.0 Å². The summed E-state index contributed by atoms with van der Waals surface area (Å²) in [7, 11) is -3.88. The molecule has 0 spiro atoms. The lowest BCUT2D eigenvalue weighted by Crippen LogP contribution is -2.13. The van der Waals surface area contributed by atoms with Crippen LogP contribution < -0.4 is 4.72 Å². The van der Waals surface area contributed by atoms with E-state index in [9.17, 15) is 17.2 Å². The summed E-state index contributed by atoms with van der Waals surface area (Å²) in [5.74, 6) is -1.74. The molecule has 1 aromatic heterocycles. The van der Waals surface area contributed by atoms with Gasteiger partial charge < -0.3 is 4.98 Å². The number of hydrogen-bond donors (Lipinski definition) is 2. The topological polar surface area (TPSA) is 74.8 Å². The van der Waals surface area contributed by atoms with Crippen molar-refractivity contribution < 1.29 is 17.2 Å². The molecular weight excluding hydrogens is 264 g/mol. The molecule has 1 heterocycles. The van der Waals surface area contributed by atoms with Gasteiger partial charge in [-0.15, -0.1) is 0 Å². The van der Waals surface area contributed by atoms with Crippen molar-refractivity contribution in [3.63, 3.8) is 0 Å². The van der Waals surface area contributed by atoms with Gasteiger partial charge in [0.05, 0.1) is 11.9 Å². The van der Waals surface area contributed by atoms with E-state index in [1.807, 2.05) is 0 Å². The molecule has 2 N–H and O–H groups in total. The number of benzene rings is 1. The van der Waals surface area contributed by atoms with E-state index in [-0.39, 0.29) is 10.7 Å². The fraction of sp³-hybridized carbons (Fsp3) is 0.100. The van der Waals surface area contributed by atoms with E-state index in [0.29, 0.717) is 5.82 Å². The summed E-state index contributed by atoms with van der Waals surface area (Å²) < 4.78 is 51.4. The molecule has 0 bridgehead atoms. The molecule has 0 saturated carbocycles. The number of nitrogens with one attached hydrogen (secondary N) is 2. The first-order valence-electron chi connectivity index (χ1n) is 4.88. The van der Waals surface area contributed by atoms with Crippen LogP contribution in [0.5, 0.6) is 0 Å². The van der Waals surface area contributed by atoms with Crippen LogP contribution >= 0.6 is 0 Å². The predicted molar refractivity (Wildman–Crippen MR) is 60.5 cm³/mol. The molecule has 0 aliphatic rings. The highest BCUT2D eigenvalue weighted by molar-refractivity contribution is 7.92. The number of rotatable bonds is 3. The lowest BCUT2D eigenvalue weighted by molar-refractivity contribution is 0.509. The Morgan fingerprint density at radius 3 is 2.56 bits per heavy atom. The normalized spacial score (nSPS) is 11.5. The average molecular weight is 273 g/mol. The highest BCUT2D eigenvalue weighted by atomic mass is 32.2. The minimum atomic E-state index is -3.88. The summed E-state index contributed by atoms with van der Waals surface area (Å²) >= 11 is 0. The van der Waals surface area contributed by atoms with Crippen molar-refractivity contribution in [2.75, 3.05) is 4.72 Å². The Morgan fingerprint density at radius 2 is 2.00 bits per heavy atom. The van der Waals surface area contributed by atoms with Gasteiger partial charge in [0, 0.05) is 6.07 Å². The second-order valence-electron chi connectivity index (χ2n) is 3.57. The zero-order valence-corrected chi connectivity index (χ0v) is 10.1. The van der Waals surface area contributed by atoms with Crippen LogP contribution in [0.15, 0.2) is 29.4 Å². The lowest BCUT2D eigenvalue weighted by Gasteiger charge is -2.06. The van der Waals surface area contributed by atoms with Crippen molar-refractivity contribution >= 4 is 15.7 Å². The molecule has 2 rings (SSSR count). The molecule has 96 valence electrons. The Hall–Kier alpha value is -1.96. The summed E-state index contributed by atoms with van der Waals surface area (Å²) in [4.78, 5) is 6.28. The molecule has 18 heavy (non-hydrogen) atoms. The monoisotopic (exact) mass is 273 g/mol. The summed E-state index contributed by atoms with van der Waals surface area (Å²) in [6, 6.07) is 2.72. The van der Waals surface area contributed by atoms with Gasteiger partial charge in [0.2, 0.25) is 0 Å². The highest BCUT2D eigenvalue weighted by Gasteiger charge is 2.17. The Kier molecular flexibility index (Phi) is 3.04. The molecule has 0 unspecified atom stereocenters. The van der Waals surface area contributed by atoms with E-state index in [1.165, 1.54) is 0 Å². The van der Waals surface area contributed by atoms with E-state index < -0.39 is 21.7 Å². The average Bonchev–Trinajstić information content (AvgIpc) is 2.71. The molecular formula is C10H9F2N3O2S. The van der Waals surface area contributed by atoms with Gasteiger partial charge in [0.1, 0.15) is 5.82 Å². The van der Waals surface area contributed by atoms with Crippen molar-refractivity contribution in [2.45, 2.75) is 11.9 Å². The maximum Gasteiger partial charge on any atom is 0.278 e. The van der Waals surface area contributed by atoms with Crippen LogP contribution in [0.3, 0.4) is 0 Å². The van der Waals surface area contributed by atoms with Gasteiger partial charge in [-0.2, -0.15) is 8.42 Å². The number of hydrogen-bond acceptors (Lipinski definition) is 3. The molecule has 0 atom stereocenters. The second-order valence-corrected chi connectivity index (χ2v) is 5.22. The number of aromatic nitrogens is 2. The summed E-state index contributed by atoms with van der Waals surface area (Å²) in [6.07, 6.45) is 1.14. The standard InChI is InChI=1S/C10H9F2N3O2S/c1-6-13-5-10(14-6)18(16,17)15-7-2-3-8(11)9(12)4-7/h2-5,15H,1H3,(H,13,14). The van der Waals surface area contributed by atoms with Crippen LogP contribution in [-0.4, -0.2) is 18.4 Å². The molecule has 2 aromatic rings. The molecule has 0 fully saturated rings. The van der Waals surface area contributed by atoms with E-state index in [0.717, 1.165) is 24.4 Å². The first-order chi connectivity index (χ1) is 8.38. The molecule has 0 radical (unpaired) electrons. The maximum absolute atomic E-state index is 12.9. The zero-order chi connectivity index (χ0) is 13.3. The molecule has 0 aliphatic heterocycles. The van der Waals surface area contributed by atoms with E-state index in [1.54, 1.807) is 6.92 Å². The Morgan fingerprint density at radius 1 is 1.28 bits per heavy atom. The number of anilines is 1. The second kappa shape index (κ2) is 4.37. The summed E-state index contributed by atoms with van der Waals surface area (Å²) in [5.41, 5.74) is -0.0684. The number of sulfonamides is 1. The van der Waals surface area contributed by atoms with Crippen LogP contribution in [0.4, 0.5) is 14.5 Å². The third-order valence-electron chi connectivity index (χ3n) is 2.14. The van der Waals surface area contributed by atoms with Crippen molar-refractivity contribution in [3.05, 3.63) is 41.9 Å². The third-order valence-corrected chi connectivity index (χ3v) is 3.43. The van der Waals surface area contributed by atoms with Gasteiger partial charge in [0.15, 0.2) is 16.7 Å². The van der Waals surface area contributed by atoms with Crippen LogP contribution in [0.1, 0.15) is 5.82 Å². The Labute approximate surface area is 102 Å². The summed E-state index contributed by atoms with van der Waals surface area (Å²) in [5, 5.41) is -0.148. The van der Waals surface area contributed by atoms with Gasteiger partial charge in [-0.05, 0) is 19.1 Å². The Balaban J connectivity index is 2.30. The van der Waals surface area contributed by atoms with E-state index in [2.05, 4.69) is 14.7 Å². The minimum Gasteiger partial charge on any atom is -0.332 e. The van der Waals surface area contributed by atoms with Gasteiger partial charge >= 0.3 is 0 Å². The van der Waals surface area contributed by atoms with E-state index in [4.69, 9.17) is 0 Å². The van der Waals surface area contributed by atoms with Crippen molar-refractivity contribution in [2.24, 2.45) is 0 Å². The number of imidazole rings is 1.